The van der Waals surface area contributed by atoms with Crippen molar-refractivity contribution in [2.75, 3.05) is 7.05 Å². The molecule has 0 spiro atoms. The van der Waals surface area contributed by atoms with Crippen LogP contribution in [0.1, 0.15) is 30.5 Å². The minimum absolute atomic E-state index is 0.0841. The Morgan fingerprint density at radius 1 is 1.15 bits per heavy atom. The summed E-state index contributed by atoms with van der Waals surface area (Å²) in [5.74, 6) is 0. The van der Waals surface area contributed by atoms with Crippen LogP contribution in [0.25, 0.3) is 0 Å². The molecule has 0 amide bonds. The van der Waals surface area contributed by atoms with Crippen LogP contribution in [-0.2, 0) is 6.54 Å². The summed E-state index contributed by atoms with van der Waals surface area (Å²) in [5, 5.41) is 0. The number of aromatic nitrogens is 2. The average Bonchev–Trinajstić information content (AvgIpc) is 2.49. The van der Waals surface area contributed by atoms with Crippen molar-refractivity contribution < 1.29 is 0 Å². The number of rotatable bonds is 6. The number of nitrogens with zero attached hydrogens (tertiary/aromatic N) is 3. The number of likely N-dealkylation sites (N-methyl/N-ethyl adjacent to an activating group) is 1. The minimum Gasteiger partial charge on any atom is -0.326 e. The fraction of sp³-hybridized carbons (Fsp3) is 0.375. The number of hydrogen-bond donors (Lipinski definition) is 1. The Kier molecular flexibility index (Phi) is 5.21. The van der Waals surface area contributed by atoms with Crippen LogP contribution in [0, 0.1) is 0 Å². The molecule has 0 radical (unpaired) electrons. The maximum atomic E-state index is 6.32. The molecule has 0 bridgehead atoms. The molecule has 0 saturated heterocycles. The summed E-state index contributed by atoms with van der Waals surface area (Å²) in [6.07, 6.45) is 8.31. The smallest absolute Gasteiger partial charge is 0.0514 e. The molecule has 4 heteroatoms. The van der Waals surface area contributed by atoms with Gasteiger partial charge in [0.05, 0.1) is 6.04 Å². The van der Waals surface area contributed by atoms with Crippen LogP contribution in [0.2, 0.25) is 0 Å². The third-order valence-corrected chi connectivity index (χ3v) is 3.53. The molecule has 2 aromatic rings. The highest BCUT2D eigenvalue weighted by Gasteiger charge is 2.23. The zero-order chi connectivity index (χ0) is 14.4. The van der Waals surface area contributed by atoms with Gasteiger partial charge in [-0.15, -0.1) is 0 Å². The van der Waals surface area contributed by atoms with Gasteiger partial charge in [-0.25, -0.2) is 0 Å². The van der Waals surface area contributed by atoms with Crippen LogP contribution >= 0.6 is 0 Å². The van der Waals surface area contributed by atoms with Gasteiger partial charge in [0.15, 0.2) is 0 Å². The monoisotopic (exact) mass is 270 g/mol. The van der Waals surface area contributed by atoms with Crippen LogP contribution in [0.3, 0.4) is 0 Å². The zero-order valence-electron chi connectivity index (χ0n) is 12.1. The summed E-state index contributed by atoms with van der Waals surface area (Å²) < 4.78 is 0. The second-order valence-electron chi connectivity index (χ2n) is 5.08. The van der Waals surface area contributed by atoms with Gasteiger partial charge >= 0.3 is 0 Å². The van der Waals surface area contributed by atoms with Crippen LogP contribution in [0.5, 0.6) is 0 Å². The van der Waals surface area contributed by atoms with Crippen molar-refractivity contribution in [1.82, 2.24) is 14.9 Å². The Morgan fingerprint density at radius 2 is 1.85 bits per heavy atom. The Balaban J connectivity index is 2.19. The summed E-state index contributed by atoms with van der Waals surface area (Å²) in [7, 11) is 2.10. The van der Waals surface area contributed by atoms with E-state index in [2.05, 4.69) is 41.0 Å². The highest BCUT2D eigenvalue weighted by molar-refractivity contribution is 5.17. The highest BCUT2D eigenvalue weighted by atomic mass is 15.1. The first-order valence-electron chi connectivity index (χ1n) is 6.97. The van der Waals surface area contributed by atoms with E-state index in [4.69, 9.17) is 5.73 Å². The SMILES string of the molecule is CCC(N)C(c1cccnc1)N(C)Cc1cccnc1. The van der Waals surface area contributed by atoms with E-state index >= 15 is 0 Å². The molecule has 2 N–H and O–H groups in total. The molecule has 2 rings (SSSR count). The summed E-state index contributed by atoms with van der Waals surface area (Å²) in [6, 6.07) is 8.34. The third kappa shape index (κ3) is 3.62. The lowest BCUT2D eigenvalue weighted by Gasteiger charge is -2.32. The van der Waals surface area contributed by atoms with E-state index in [1.54, 1.807) is 12.4 Å². The first-order valence-corrected chi connectivity index (χ1v) is 6.97. The quantitative estimate of drug-likeness (QED) is 0.875. The first kappa shape index (κ1) is 14.6. The average molecular weight is 270 g/mol. The lowest BCUT2D eigenvalue weighted by molar-refractivity contribution is 0.201. The van der Waals surface area contributed by atoms with Crippen LogP contribution < -0.4 is 5.73 Å². The first-order chi connectivity index (χ1) is 9.72. The number of pyridine rings is 2. The van der Waals surface area contributed by atoms with Crippen molar-refractivity contribution >= 4 is 0 Å². The van der Waals surface area contributed by atoms with Crippen molar-refractivity contribution in [1.29, 1.82) is 0 Å². The molecule has 2 atom stereocenters. The topological polar surface area (TPSA) is 55.0 Å². The molecule has 0 saturated carbocycles. The number of nitrogens with two attached hydrogens (primary N) is 1. The second-order valence-corrected chi connectivity index (χ2v) is 5.08. The second kappa shape index (κ2) is 7.12. The van der Waals surface area contributed by atoms with Gasteiger partial charge in [0.25, 0.3) is 0 Å². The van der Waals surface area contributed by atoms with E-state index in [-0.39, 0.29) is 12.1 Å². The van der Waals surface area contributed by atoms with Crippen molar-refractivity contribution in [3.63, 3.8) is 0 Å². The van der Waals surface area contributed by atoms with Crippen LogP contribution in [0.15, 0.2) is 49.1 Å². The lowest BCUT2D eigenvalue weighted by atomic mass is 9.98. The fourth-order valence-corrected chi connectivity index (χ4v) is 2.48. The van der Waals surface area contributed by atoms with E-state index in [1.807, 2.05) is 24.5 Å². The maximum absolute atomic E-state index is 6.32. The molecule has 20 heavy (non-hydrogen) atoms. The van der Waals surface area contributed by atoms with E-state index < -0.39 is 0 Å². The molecule has 2 aromatic heterocycles. The summed E-state index contributed by atoms with van der Waals surface area (Å²) in [6.45, 7) is 2.94. The lowest BCUT2D eigenvalue weighted by Crippen LogP contribution is -2.38. The molecule has 0 aliphatic heterocycles. The van der Waals surface area contributed by atoms with Crippen molar-refractivity contribution in [3.8, 4) is 0 Å². The molecular weight excluding hydrogens is 248 g/mol. The molecule has 4 nitrogen and oxygen atoms in total. The summed E-state index contributed by atoms with van der Waals surface area (Å²) in [5.41, 5.74) is 8.67. The Labute approximate surface area is 120 Å². The normalized spacial score (nSPS) is 14.2. The molecular formula is C16H22N4. The van der Waals surface area contributed by atoms with Gasteiger partial charge in [-0.05, 0) is 36.7 Å². The summed E-state index contributed by atoms with van der Waals surface area (Å²) in [4.78, 5) is 10.6. The van der Waals surface area contributed by atoms with E-state index in [0.717, 1.165) is 18.5 Å². The van der Waals surface area contributed by atoms with Crippen molar-refractivity contribution in [2.45, 2.75) is 32.0 Å². The standard InChI is InChI=1S/C16H22N4/c1-3-15(17)16(14-7-5-9-19-11-14)20(2)12-13-6-4-8-18-10-13/h4-11,15-16H,3,12,17H2,1-2H3. The van der Waals surface area contributed by atoms with E-state index in [9.17, 15) is 0 Å². The van der Waals surface area contributed by atoms with Crippen molar-refractivity contribution in [3.05, 3.63) is 60.2 Å². The molecule has 2 unspecified atom stereocenters. The predicted molar refractivity (Wildman–Crippen MR) is 80.9 cm³/mol. The molecule has 106 valence electrons. The predicted octanol–water partition coefficient (Wildman–Crippen LogP) is 2.39. The van der Waals surface area contributed by atoms with Gasteiger partial charge in [-0.1, -0.05) is 19.1 Å². The van der Waals surface area contributed by atoms with Gasteiger partial charge in [0.1, 0.15) is 0 Å². The van der Waals surface area contributed by atoms with Crippen LogP contribution in [0.4, 0.5) is 0 Å². The fourth-order valence-electron chi connectivity index (χ4n) is 2.48. The van der Waals surface area contributed by atoms with Gasteiger partial charge in [0.2, 0.25) is 0 Å². The minimum atomic E-state index is 0.0841. The molecule has 0 aliphatic rings. The zero-order valence-corrected chi connectivity index (χ0v) is 12.1. The Bertz CT molecular complexity index is 500. The molecule has 0 fully saturated rings. The summed E-state index contributed by atoms with van der Waals surface area (Å²) >= 11 is 0. The van der Waals surface area contributed by atoms with Crippen molar-refractivity contribution in [2.24, 2.45) is 5.73 Å². The van der Waals surface area contributed by atoms with Crippen LogP contribution in [-0.4, -0.2) is 28.0 Å². The molecule has 0 aromatic carbocycles. The van der Waals surface area contributed by atoms with Gasteiger partial charge in [-0.3, -0.25) is 14.9 Å². The highest BCUT2D eigenvalue weighted by Crippen LogP contribution is 2.24. The molecule has 0 aliphatic carbocycles. The van der Waals surface area contributed by atoms with E-state index in [1.165, 1.54) is 5.56 Å². The Hall–Kier alpha value is -1.78. The third-order valence-electron chi connectivity index (χ3n) is 3.53. The Morgan fingerprint density at radius 3 is 2.40 bits per heavy atom. The van der Waals surface area contributed by atoms with E-state index in [0.29, 0.717) is 0 Å². The maximum Gasteiger partial charge on any atom is 0.0514 e. The van der Waals surface area contributed by atoms with Gasteiger partial charge in [-0.2, -0.15) is 0 Å². The molecule has 2 heterocycles. The largest absolute Gasteiger partial charge is 0.326 e. The van der Waals surface area contributed by atoms with Gasteiger partial charge in [0, 0.05) is 37.4 Å². The number of hydrogen-bond acceptors (Lipinski definition) is 4. The van der Waals surface area contributed by atoms with Gasteiger partial charge < -0.3 is 5.73 Å².